The van der Waals surface area contributed by atoms with E-state index in [9.17, 15) is 14.4 Å². The first kappa shape index (κ1) is 19.9. The molecule has 1 unspecified atom stereocenters. The van der Waals surface area contributed by atoms with Crippen LogP contribution in [0.1, 0.15) is 38.7 Å². The molecular weight excluding hydrogens is 334 g/mol. The van der Waals surface area contributed by atoms with Crippen molar-refractivity contribution in [1.82, 2.24) is 4.90 Å². The molecule has 1 aromatic rings. The third-order valence-corrected chi connectivity index (χ3v) is 4.49. The molecule has 1 saturated heterocycles. The fourth-order valence-corrected chi connectivity index (χ4v) is 3.37. The highest BCUT2D eigenvalue weighted by molar-refractivity contribution is 5.93. The molecule has 1 heterocycles. The van der Waals surface area contributed by atoms with Crippen molar-refractivity contribution < 1.29 is 23.9 Å². The maximum absolute atomic E-state index is 12.8. The van der Waals surface area contributed by atoms with Crippen LogP contribution in [0.2, 0.25) is 0 Å². The molecule has 2 atom stereocenters. The Morgan fingerprint density at radius 1 is 1.23 bits per heavy atom. The van der Waals surface area contributed by atoms with Crippen molar-refractivity contribution in [1.29, 1.82) is 0 Å². The molecule has 0 aromatic heterocycles. The highest BCUT2D eigenvalue weighted by atomic mass is 16.6. The average molecular weight is 361 g/mol. The first-order valence-corrected chi connectivity index (χ1v) is 9.00. The fourth-order valence-electron chi connectivity index (χ4n) is 3.37. The van der Waals surface area contributed by atoms with Crippen molar-refractivity contribution in [3.8, 4) is 0 Å². The zero-order valence-electron chi connectivity index (χ0n) is 15.6. The van der Waals surface area contributed by atoms with Crippen LogP contribution < -0.4 is 0 Å². The minimum absolute atomic E-state index is 0.133. The number of nitrogens with zero attached hydrogens (tertiary/aromatic N) is 1. The molecule has 0 saturated carbocycles. The van der Waals surface area contributed by atoms with Gasteiger partial charge >= 0.3 is 12.1 Å². The fraction of sp³-hybridized carbons (Fsp3) is 0.550. The van der Waals surface area contributed by atoms with Gasteiger partial charge in [-0.1, -0.05) is 44.2 Å². The summed E-state index contributed by atoms with van der Waals surface area (Å²) in [4.78, 5) is 37.7. The Kier molecular flexibility index (Phi) is 7.18. The number of esters is 1. The van der Waals surface area contributed by atoms with Gasteiger partial charge in [-0.2, -0.15) is 0 Å². The summed E-state index contributed by atoms with van der Waals surface area (Å²) >= 11 is 0. The Balaban J connectivity index is 2.05. The molecular formula is C20H27NO5. The number of cyclic esters (lactones) is 1. The SMILES string of the molecule is COC(=O)CC(CC(=O)N1C(=O)OC[C@H]1Cc1ccccc1)CC(C)C. The van der Waals surface area contributed by atoms with E-state index in [0.29, 0.717) is 18.8 Å². The maximum atomic E-state index is 12.8. The van der Waals surface area contributed by atoms with Gasteiger partial charge in [0.05, 0.1) is 13.2 Å². The lowest BCUT2D eigenvalue weighted by atomic mass is 9.90. The molecule has 0 aliphatic carbocycles. The molecule has 0 radical (unpaired) electrons. The van der Waals surface area contributed by atoms with Crippen molar-refractivity contribution >= 4 is 18.0 Å². The lowest BCUT2D eigenvalue weighted by Gasteiger charge is -2.23. The number of rotatable bonds is 8. The third-order valence-electron chi connectivity index (χ3n) is 4.49. The molecule has 2 rings (SSSR count). The van der Waals surface area contributed by atoms with E-state index in [1.165, 1.54) is 12.0 Å². The first-order valence-electron chi connectivity index (χ1n) is 9.00. The summed E-state index contributed by atoms with van der Waals surface area (Å²) in [5.41, 5.74) is 1.04. The lowest BCUT2D eigenvalue weighted by Crippen LogP contribution is -2.41. The van der Waals surface area contributed by atoms with Gasteiger partial charge in [0.1, 0.15) is 6.61 Å². The molecule has 6 heteroatoms. The van der Waals surface area contributed by atoms with Crippen LogP contribution in [0.25, 0.3) is 0 Å². The molecule has 0 N–H and O–H groups in total. The van der Waals surface area contributed by atoms with Crippen LogP contribution in [-0.4, -0.2) is 42.6 Å². The monoisotopic (exact) mass is 361 g/mol. The normalized spacial score (nSPS) is 17.9. The number of ether oxygens (including phenoxy) is 2. The summed E-state index contributed by atoms with van der Waals surface area (Å²) < 4.78 is 9.85. The van der Waals surface area contributed by atoms with Crippen molar-refractivity contribution in [3.05, 3.63) is 35.9 Å². The molecule has 1 aliphatic rings. The molecule has 142 valence electrons. The highest BCUT2D eigenvalue weighted by Crippen LogP contribution is 2.24. The standard InChI is InChI=1S/C20H27NO5/c1-14(2)9-16(12-19(23)25-3)11-18(22)21-17(13-26-20(21)24)10-15-7-5-4-6-8-15/h4-8,14,16-17H,9-13H2,1-3H3/t16?,17-/m1/s1. The molecule has 26 heavy (non-hydrogen) atoms. The number of hydrogen-bond acceptors (Lipinski definition) is 5. The van der Waals surface area contributed by atoms with Crippen molar-refractivity contribution in [2.45, 2.75) is 45.6 Å². The van der Waals surface area contributed by atoms with E-state index in [4.69, 9.17) is 9.47 Å². The topological polar surface area (TPSA) is 72.9 Å². The second kappa shape index (κ2) is 9.36. The summed E-state index contributed by atoms with van der Waals surface area (Å²) in [7, 11) is 1.34. The third kappa shape index (κ3) is 5.58. The number of methoxy groups -OCH3 is 1. The van der Waals surface area contributed by atoms with Crippen molar-refractivity contribution in [3.63, 3.8) is 0 Å². The van der Waals surface area contributed by atoms with Crippen molar-refractivity contribution in [2.24, 2.45) is 11.8 Å². The van der Waals surface area contributed by atoms with E-state index in [2.05, 4.69) is 0 Å². The van der Waals surface area contributed by atoms with Crippen LogP contribution in [-0.2, 0) is 25.5 Å². The van der Waals surface area contributed by atoms with E-state index in [0.717, 1.165) is 5.56 Å². The average Bonchev–Trinajstić information content (AvgIpc) is 2.95. The quantitative estimate of drug-likeness (QED) is 0.665. The number of imide groups is 1. The van der Waals surface area contributed by atoms with Crippen LogP contribution >= 0.6 is 0 Å². The number of amides is 2. The van der Waals surface area contributed by atoms with Gasteiger partial charge in [0.25, 0.3) is 0 Å². The Hall–Kier alpha value is -2.37. The summed E-state index contributed by atoms with van der Waals surface area (Å²) in [5.74, 6) is -0.444. The van der Waals surface area contributed by atoms with Gasteiger partial charge in [0.2, 0.25) is 5.91 Å². The minimum atomic E-state index is -0.600. The molecule has 1 fully saturated rings. The van der Waals surface area contributed by atoms with Crippen LogP contribution in [0, 0.1) is 11.8 Å². The van der Waals surface area contributed by atoms with Crippen LogP contribution in [0.3, 0.4) is 0 Å². The second-order valence-electron chi connectivity index (χ2n) is 7.16. The number of hydrogen-bond donors (Lipinski definition) is 0. The van der Waals surface area contributed by atoms with Crippen molar-refractivity contribution in [2.75, 3.05) is 13.7 Å². The summed E-state index contributed by atoms with van der Waals surface area (Å²) in [5, 5.41) is 0. The minimum Gasteiger partial charge on any atom is -0.469 e. The Labute approximate surface area is 154 Å². The van der Waals surface area contributed by atoms with Gasteiger partial charge < -0.3 is 9.47 Å². The van der Waals surface area contributed by atoms with E-state index in [-0.39, 0.29) is 43.3 Å². The van der Waals surface area contributed by atoms with Gasteiger partial charge in [-0.05, 0) is 30.2 Å². The lowest BCUT2D eigenvalue weighted by molar-refractivity contribution is -0.142. The molecule has 2 amide bonds. The van der Waals surface area contributed by atoms with Crippen LogP contribution in [0.15, 0.2) is 30.3 Å². The zero-order chi connectivity index (χ0) is 19.1. The molecule has 0 spiro atoms. The zero-order valence-corrected chi connectivity index (χ0v) is 15.6. The van der Waals surface area contributed by atoms with E-state index < -0.39 is 6.09 Å². The summed E-state index contributed by atoms with van der Waals surface area (Å²) in [6.07, 6.45) is 0.981. The smallest absolute Gasteiger partial charge is 0.416 e. The largest absolute Gasteiger partial charge is 0.469 e. The highest BCUT2D eigenvalue weighted by Gasteiger charge is 2.38. The predicted molar refractivity (Wildman–Crippen MR) is 96.3 cm³/mol. The van der Waals surface area contributed by atoms with Crippen LogP contribution in [0.5, 0.6) is 0 Å². The van der Waals surface area contributed by atoms with Gasteiger partial charge in [0.15, 0.2) is 0 Å². The van der Waals surface area contributed by atoms with E-state index >= 15 is 0 Å². The molecule has 0 bridgehead atoms. The molecule has 1 aliphatic heterocycles. The Morgan fingerprint density at radius 2 is 1.92 bits per heavy atom. The van der Waals surface area contributed by atoms with Gasteiger partial charge in [-0.25, -0.2) is 9.69 Å². The van der Waals surface area contributed by atoms with Gasteiger partial charge in [-0.3, -0.25) is 9.59 Å². The summed E-state index contributed by atoms with van der Waals surface area (Å²) in [6.45, 7) is 4.28. The van der Waals surface area contributed by atoms with E-state index in [1.807, 2.05) is 44.2 Å². The number of carbonyl (C=O) groups is 3. The van der Waals surface area contributed by atoms with Gasteiger partial charge in [-0.15, -0.1) is 0 Å². The Bertz CT molecular complexity index is 628. The Morgan fingerprint density at radius 3 is 2.54 bits per heavy atom. The van der Waals surface area contributed by atoms with Crippen LogP contribution in [0.4, 0.5) is 4.79 Å². The maximum Gasteiger partial charge on any atom is 0.416 e. The van der Waals surface area contributed by atoms with Gasteiger partial charge in [0, 0.05) is 12.8 Å². The predicted octanol–water partition coefficient (Wildman–Crippen LogP) is 3.19. The molecule has 6 nitrogen and oxygen atoms in total. The number of benzene rings is 1. The first-order chi connectivity index (χ1) is 12.4. The second-order valence-corrected chi connectivity index (χ2v) is 7.16. The summed E-state index contributed by atoms with van der Waals surface area (Å²) in [6, 6.07) is 9.39. The number of carbonyl (C=O) groups excluding carboxylic acids is 3. The molecule has 1 aromatic carbocycles. The van der Waals surface area contributed by atoms with E-state index in [1.54, 1.807) is 0 Å².